The van der Waals surface area contributed by atoms with Gasteiger partial charge in [-0.1, -0.05) is 0 Å². The van der Waals surface area contributed by atoms with Gasteiger partial charge in [-0.3, -0.25) is 0 Å². The second-order valence-corrected chi connectivity index (χ2v) is 5.20. The first-order chi connectivity index (χ1) is 10.2. The van der Waals surface area contributed by atoms with Crippen LogP contribution in [-0.2, 0) is 4.74 Å². The second kappa shape index (κ2) is 5.69. The van der Waals surface area contributed by atoms with Crippen LogP contribution in [0.2, 0.25) is 0 Å². The summed E-state index contributed by atoms with van der Waals surface area (Å²) in [5.41, 5.74) is 7.26. The molecule has 1 fully saturated rings. The van der Waals surface area contributed by atoms with E-state index >= 15 is 0 Å². The third kappa shape index (κ3) is 2.56. The highest BCUT2D eigenvalue weighted by Crippen LogP contribution is 2.33. The van der Waals surface area contributed by atoms with Crippen LogP contribution in [0.5, 0.6) is 5.75 Å². The van der Waals surface area contributed by atoms with Crippen LogP contribution in [-0.4, -0.2) is 40.0 Å². The van der Waals surface area contributed by atoms with Gasteiger partial charge < -0.3 is 15.2 Å². The SMILES string of the molecule is COc1cc(N)ccc1-c1nnnn1C(C)C1CCCO1. The van der Waals surface area contributed by atoms with Crippen LogP contribution in [0.4, 0.5) is 5.69 Å². The number of tetrazole rings is 1. The molecule has 3 rings (SSSR count). The van der Waals surface area contributed by atoms with E-state index in [1.807, 2.05) is 12.1 Å². The van der Waals surface area contributed by atoms with E-state index in [2.05, 4.69) is 22.4 Å². The molecule has 0 amide bonds. The van der Waals surface area contributed by atoms with E-state index in [9.17, 15) is 0 Å². The van der Waals surface area contributed by atoms with E-state index in [0.29, 0.717) is 17.3 Å². The molecule has 7 heteroatoms. The molecule has 1 aliphatic heterocycles. The van der Waals surface area contributed by atoms with Crippen molar-refractivity contribution in [1.82, 2.24) is 20.2 Å². The minimum absolute atomic E-state index is 0.0692. The van der Waals surface area contributed by atoms with Gasteiger partial charge in [0, 0.05) is 18.4 Å². The molecule has 2 heterocycles. The van der Waals surface area contributed by atoms with Crippen molar-refractivity contribution in [1.29, 1.82) is 0 Å². The Morgan fingerprint density at radius 2 is 2.33 bits per heavy atom. The van der Waals surface area contributed by atoms with E-state index in [0.717, 1.165) is 25.0 Å². The number of aromatic nitrogens is 4. The zero-order valence-corrected chi connectivity index (χ0v) is 12.2. The Hall–Kier alpha value is -2.15. The predicted molar refractivity (Wildman–Crippen MR) is 77.9 cm³/mol. The standard InChI is InChI=1S/C14H19N5O2/c1-9(12-4-3-7-21-12)19-14(16-17-18-19)11-6-5-10(15)8-13(11)20-2/h5-6,8-9,12H,3-4,7,15H2,1-2H3. The number of methoxy groups -OCH3 is 1. The number of nitrogens with zero attached hydrogens (tertiary/aromatic N) is 4. The number of rotatable bonds is 4. The third-order valence-electron chi connectivity index (χ3n) is 3.85. The van der Waals surface area contributed by atoms with Crippen LogP contribution >= 0.6 is 0 Å². The number of nitrogen functional groups attached to an aromatic ring is 1. The molecule has 112 valence electrons. The van der Waals surface area contributed by atoms with Gasteiger partial charge in [0.25, 0.3) is 0 Å². The molecule has 0 bridgehead atoms. The molecular weight excluding hydrogens is 270 g/mol. The van der Waals surface area contributed by atoms with Crippen molar-refractivity contribution >= 4 is 5.69 Å². The molecule has 2 atom stereocenters. The van der Waals surface area contributed by atoms with E-state index < -0.39 is 0 Å². The molecule has 2 unspecified atom stereocenters. The lowest BCUT2D eigenvalue weighted by Crippen LogP contribution is -2.22. The second-order valence-electron chi connectivity index (χ2n) is 5.20. The van der Waals surface area contributed by atoms with E-state index in [4.69, 9.17) is 15.2 Å². The number of benzene rings is 1. The average molecular weight is 289 g/mol. The fourth-order valence-corrected chi connectivity index (χ4v) is 2.68. The van der Waals surface area contributed by atoms with Crippen LogP contribution in [0.15, 0.2) is 18.2 Å². The lowest BCUT2D eigenvalue weighted by molar-refractivity contribution is 0.0690. The molecule has 0 spiro atoms. The minimum Gasteiger partial charge on any atom is -0.496 e. The smallest absolute Gasteiger partial charge is 0.186 e. The van der Waals surface area contributed by atoms with E-state index in [1.165, 1.54) is 0 Å². The molecule has 1 saturated heterocycles. The van der Waals surface area contributed by atoms with Crippen molar-refractivity contribution in [3.63, 3.8) is 0 Å². The number of anilines is 1. The fourth-order valence-electron chi connectivity index (χ4n) is 2.68. The summed E-state index contributed by atoms with van der Waals surface area (Å²) in [5, 5.41) is 12.1. The predicted octanol–water partition coefficient (Wildman–Crippen LogP) is 1.67. The summed E-state index contributed by atoms with van der Waals surface area (Å²) in [6, 6.07) is 5.52. The topological polar surface area (TPSA) is 88.1 Å². The summed E-state index contributed by atoms with van der Waals surface area (Å²) in [6.45, 7) is 2.87. The van der Waals surface area contributed by atoms with Gasteiger partial charge in [-0.2, -0.15) is 0 Å². The van der Waals surface area contributed by atoms with Crippen LogP contribution < -0.4 is 10.5 Å². The van der Waals surface area contributed by atoms with Crippen molar-refractivity contribution in [2.45, 2.75) is 31.9 Å². The van der Waals surface area contributed by atoms with E-state index in [-0.39, 0.29) is 12.1 Å². The Kier molecular flexibility index (Phi) is 3.74. The van der Waals surface area contributed by atoms with Gasteiger partial charge in [0.05, 0.1) is 24.8 Å². The van der Waals surface area contributed by atoms with E-state index in [1.54, 1.807) is 17.9 Å². The molecule has 1 aromatic carbocycles. The lowest BCUT2D eigenvalue weighted by Gasteiger charge is -2.20. The van der Waals surface area contributed by atoms with Crippen molar-refractivity contribution < 1.29 is 9.47 Å². The zero-order chi connectivity index (χ0) is 14.8. The van der Waals surface area contributed by atoms with Gasteiger partial charge in [-0.15, -0.1) is 5.10 Å². The Morgan fingerprint density at radius 3 is 3.05 bits per heavy atom. The Morgan fingerprint density at radius 1 is 1.48 bits per heavy atom. The largest absolute Gasteiger partial charge is 0.496 e. The highest BCUT2D eigenvalue weighted by atomic mass is 16.5. The molecular formula is C14H19N5O2. The summed E-state index contributed by atoms with van der Waals surface area (Å²) in [7, 11) is 1.61. The molecule has 21 heavy (non-hydrogen) atoms. The number of hydrogen-bond acceptors (Lipinski definition) is 6. The Bertz CT molecular complexity index is 622. The van der Waals surface area contributed by atoms with Gasteiger partial charge in [-0.05, 0) is 42.3 Å². The van der Waals surface area contributed by atoms with Gasteiger partial charge in [0.2, 0.25) is 0 Å². The van der Waals surface area contributed by atoms with Gasteiger partial charge in [-0.25, -0.2) is 4.68 Å². The number of nitrogens with two attached hydrogens (primary N) is 1. The Labute approximate surface area is 123 Å². The summed E-state index contributed by atoms with van der Waals surface area (Å²) in [4.78, 5) is 0. The fraction of sp³-hybridized carbons (Fsp3) is 0.500. The van der Waals surface area contributed by atoms with Crippen LogP contribution in [0.3, 0.4) is 0 Å². The van der Waals surface area contributed by atoms with Crippen molar-refractivity contribution in [2.75, 3.05) is 19.5 Å². The highest BCUT2D eigenvalue weighted by molar-refractivity contribution is 5.67. The molecule has 0 radical (unpaired) electrons. The quantitative estimate of drug-likeness (QED) is 0.861. The van der Waals surface area contributed by atoms with Crippen LogP contribution in [0.25, 0.3) is 11.4 Å². The first-order valence-electron chi connectivity index (χ1n) is 7.04. The zero-order valence-electron chi connectivity index (χ0n) is 12.2. The summed E-state index contributed by atoms with van der Waals surface area (Å²) in [6.07, 6.45) is 2.25. The number of hydrogen-bond donors (Lipinski definition) is 1. The van der Waals surface area contributed by atoms with Gasteiger partial charge in [0.1, 0.15) is 5.75 Å². The normalized spacial score (nSPS) is 19.6. The maximum Gasteiger partial charge on any atom is 0.186 e. The Balaban J connectivity index is 1.98. The first kappa shape index (κ1) is 13.8. The molecule has 2 aromatic rings. The minimum atomic E-state index is 0.0692. The molecule has 1 aliphatic rings. The van der Waals surface area contributed by atoms with Gasteiger partial charge >= 0.3 is 0 Å². The molecule has 2 N–H and O–H groups in total. The number of ether oxygens (including phenoxy) is 2. The maximum atomic E-state index is 5.80. The average Bonchev–Trinajstić information content (AvgIpc) is 3.17. The van der Waals surface area contributed by atoms with Crippen LogP contribution in [0, 0.1) is 0 Å². The monoisotopic (exact) mass is 289 g/mol. The third-order valence-corrected chi connectivity index (χ3v) is 3.85. The first-order valence-corrected chi connectivity index (χ1v) is 7.04. The summed E-state index contributed by atoms with van der Waals surface area (Å²) < 4.78 is 12.9. The van der Waals surface area contributed by atoms with Crippen molar-refractivity contribution in [2.24, 2.45) is 0 Å². The van der Waals surface area contributed by atoms with Gasteiger partial charge in [0.15, 0.2) is 5.82 Å². The van der Waals surface area contributed by atoms with Crippen LogP contribution in [0.1, 0.15) is 25.8 Å². The lowest BCUT2D eigenvalue weighted by atomic mass is 10.1. The van der Waals surface area contributed by atoms with Crippen molar-refractivity contribution in [3.05, 3.63) is 18.2 Å². The van der Waals surface area contributed by atoms with Crippen molar-refractivity contribution in [3.8, 4) is 17.1 Å². The molecule has 7 nitrogen and oxygen atoms in total. The molecule has 1 aromatic heterocycles. The molecule has 0 aliphatic carbocycles. The highest BCUT2D eigenvalue weighted by Gasteiger charge is 2.27. The summed E-state index contributed by atoms with van der Waals surface area (Å²) in [5.74, 6) is 1.32. The molecule has 0 saturated carbocycles. The maximum absolute atomic E-state index is 5.80. The summed E-state index contributed by atoms with van der Waals surface area (Å²) >= 11 is 0.